The zero-order valence-corrected chi connectivity index (χ0v) is 11.2. The third-order valence-electron chi connectivity index (χ3n) is 3.01. The quantitative estimate of drug-likeness (QED) is 0.827. The predicted octanol–water partition coefficient (Wildman–Crippen LogP) is 3.85. The molecule has 1 amide bonds. The predicted molar refractivity (Wildman–Crippen MR) is 75.0 cm³/mol. The molecule has 0 fully saturated rings. The SMILES string of the molecule is Cc1ccccc1C(=O)Nc1ccc(N)c(C(F)(F)F)c1. The molecular formula is C15H13F3N2O. The lowest BCUT2D eigenvalue weighted by atomic mass is 10.1. The second-order valence-corrected chi connectivity index (χ2v) is 4.57. The average Bonchev–Trinajstić information content (AvgIpc) is 2.40. The van der Waals surface area contributed by atoms with Crippen molar-refractivity contribution in [1.29, 1.82) is 0 Å². The van der Waals surface area contributed by atoms with Crippen molar-refractivity contribution in [1.82, 2.24) is 0 Å². The van der Waals surface area contributed by atoms with E-state index in [1.165, 1.54) is 6.07 Å². The van der Waals surface area contributed by atoms with Crippen LogP contribution in [0.3, 0.4) is 0 Å². The highest BCUT2D eigenvalue weighted by atomic mass is 19.4. The summed E-state index contributed by atoms with van der Waals surface area (Å²) in [5.41, 5.74) is 5.15. The molecule has 0 unspecified atom stereocenters. The summed E-state index contributed by atoms with van der Waals surface area (Å²) in [4.78, 5) is 12.1. The summed E-state index contributed by atoms with van der Waals surface area (Å²) < 4.78 is 38.3. The lowest BCUT2D eigenvalue weighted by Crippen LogP contribution is -2.15. The summed E-state index contributed by atoms with van der Waals surface area (Å²) in [7, 11) is 0. The highest BCUT2D eigenvalue weighted by Gasteiger charge is 2.33. The van der Waals surface area contributed by atoms with E-state index >= 15 is 0 Å². The molecule has 2 aromatic carbocycles. The normalized spacial score (nSPS) is 11.2. The first-order valence-corrected chi connectivity index (χ1v) is 6.13. The van der Waals surface area contributed by atoms with Crippen LogP contribution < -0.4 is 11.1 Å². The molecule has 6 heteroatoms. The number of benzene rings is 2. The number of carbonyl (C=O) groups is 1. The second kappa shape index (κ2) is 5.47. The minimum Gasteiger partial charge on any atom is -0.398 e. The van der Waals surface area contributed by atoms with Crippen molar-refractivity contribution in [2.75, 3.05) is 11.1 Å². The Balaban J connectivity index is 2.29. The molecule has 0 aromatic heterocycles. The van der Waals surface area contributed by atoms with Crippen LogP contribution in [-0.2, 0) is 6.18 Å². The Labute approximate surface area is 119 Å². The summed E-state index contributed by atoms with van der Waals surface area (Å²) in [5, 5.41) is 2.44. The molecule has 2 rings (SSSR count). The van der Waals surface area contributed by atoms with E-state index in [1.807, 2.05) is 0 Å². The molecular weight excluding hydrogens is 281 g/mol. The number of hydrogen-bond donors (Lipinski definition) is 2. The van der Waals surface area contributed by atoms with Gasteiger partial charge in [-0.3, -0.25) is 4.79 Å². The first kappa shape index (κ1) is 14.9. The third kappa shape index (κ3) is 3.34. The maximum Gasteiger partial charge on any atom is 0.418 e. The van der Waals surface area contributed by atoms with E-state index in [0.717, 1.165) is 17.7 Å². The van der Waals surface area contributed by atoms with Gasteiger partial charge in [-0.05, 0) is 36.8 Å². The van der Waals surface area contributed by atoms with E-state index in [-0.39, 0.29) is 11.4 Å². The lowest BCUT2D eigenvalue weighted by molar-refractivity contribution is -0.136. The zero-order valence-electron chi connectivity index (χ0n) is 11.2. The van der Waals surface area contributed by atoms with Crippen LogP contribution in [0.25, 0.3) is 0 Å². The maximum atomic E-state index is 12.8. The highest BCUT2D eigenvalue weighted by molar-refractivity contribution is 6.05. The Hall–Kier alpha value is -2.50. The molecule has 0 atom stereocenters. The average molecular weight is 294 g/mol. The number of nitrogens with one attached hydrogen (secondary N) is 1. The third-order valence-corrected chi connectivity index (χ3v) is 3.01. The van der Waals surface area contributed by atoms with Crippen LogP contribution >= 0.6 is 0 Å². The minimum atomic E-state index is -4.56. The Morgan fingerprint density at radius 1 is 1.14 bits per heavy atom. The van der Waals surface area contributed by atoms with E-state index in [4.69, 9.17) is 5.73 Å². The largest absolute Gasteiger partial charge is 0.418 e. The Morgan fingerprint density at radius 3 is 2.43 bits per heavy atom. The van der Waals surface area contributed by atoms with E-state index in [9.17, 15) is 18.0 Å². The number of nitrogens with two attached hydrogens (primary N) is 1. The van der Waals surface area contributed by atoms with Crippen LogP contribution in [0.2, 0.25) is 0 Å². The standard InChI is InChI=1S/C15H13F3N2O/c1-9-4-2-3-5-11(9)14(21)20-10-6-7-13(19)12(8-10)15(16,17)18/h2-8H,19H2,1H3,(H,20,21). The molecule has 0 saturated carbocycles. The maximum absolute atomic E-state index is 12.8. The number of rotatable bonds is 2. The van der Waals surface area contributed by atoms with Crippen LogP contribution in [-0.4, -0.2) is 5.91 Å². The van der Waals surface area contributed by atoms with Gasteiger partial charge in [0.15, 0.2) is 0 Å². The first-order chi connectivity index (χ1) is 9.79. The van der Waals surface area contributed by atoms with E-state index < -0.39 is 17.6 Å². The topological polar surface area (TPSA) is 55.1 Å². The van der Waals surface area contributed by atoms with Crippen molar-refractivity contribution < 1.29 is 18.0 Å². The van der Waals surface area contributed by atoms with Crippen molar-refractivity contribution in [3.05, 3.63) is 59.2 Å². The molecule has 3 nitrogen and oxygen atoms in total. The fourth-order valence-corrected chi connectivity index (χ4v) is 1.91. The summed E-state index contributed by atoms with van der Waals surface area (Å²) in [6, 6.07) is 10.1. The molecule has 21 heavy (non-hydrogen) atoms. The molecule has 0 aliphatic rings. The van der Waals surface area contributed by atoms with Crippen molar-refractivity contribution in [2.24, 2.45) is 0 Å². The number of amides is 1. The summed E-state index contributed by atoms with van der Waals surface area (Å²) in [5.74, 6) is -0.467. The van der Waals surface area contributed by atoms with Crippen molar-refractivity contribution in [3.63, 3.8) is 0 Å². The number of carbonyl (C=O) groups excluding carboxylic acids is 1. The van der Waals surface area contributed by atoms with Crippen LogP contribution in [0.15, 0.2) is 42.5 Å². The number of anilines is 2. The minimum absolute atomic E-state index is 0.0461. The van der Waals surface area contributed by atoms with Gasteiger partial charge in [-0.1, -0.05) is 18.2 Å². The zero-order chi connectivity index (χ0) is 15.6. The molecule has 110 valence electrons. The van der Waals surface area contributed by atoms with Crippen molar-refractivity contribution in [2.45, 2.75) is 13.1 Å². The molecule has 0 bridgehead atoms. The highest BCUT2D eigenvalue weighted by Crippen LogP contribution is 2.35. The van der Waals surface area contributed by atoms with Gasteiger partial charge in [-0.25, -0.2) is 0 Å². The van der Waals surface area contributed by atoms with Crippen LogP contribution in [0.5, 0.6) is 0 Å². The number of aryl methyl sites for hydroxylation is 1. The van der Waals surface area contributed by atoms with Gasteiger partial charge < -0.3 is 11.1 Å². The Morgan fingerprint density at radius 2 is 1.81 bits per heavy atom. The van der Waals surface area contributed by atoms with E-state index in [0.29, 0.717) is 5.56 Å². The molecule has 0 aliphatic carbocycles. The second-order valence-electron chi connectivity index (χ2n) is 4.57. The van der Waals surface area contributed by atoms with Gasteiger partial charge in [0.2, 0.25) is 0 Å². The number of halogens is 3. The molecule has 0 spiro atoms. The molecule has 0 heterocycles. The Kier molecular flexibility index (Phi) is 3.88. The van der Waals surface area contributed by atoms with Gasteiger partial charge in [-0.2, -0.15) is 13.2 Å². The molecule has 2 aromatic rings. The van der Waals surface area contributed by atoms with Crippen LogP contribution in [0, 0.1) is 6.92 Å². The fourth-order valence-electron chi connectivity index (χ4n) is 1.91. The monoisotopic (exact) mass is 294 g/mol. The van der Waals surface area contributed by atoms with Gasteiger partial charge >= 0.3 is 6.18 Å². The first-order valence-electron chi connectivity index (χ1n) is 6.13. The fraction of sp³-hybridized carbons (Fsp3) is 0.133. The van der Waals surface area contributed by atoms with Crippen molar-refractivity contribution >= 4 is 17.3 Å². The number of alkyl halides is 3. The van der Waals surface area contributed by atoms with Gasteiger partial charge in [0.25, 0.3) is 5.91 Å². The van der Waals surface area contributed by atoms with Gasteiger partial charge in [0, 0.05) is 16.9 Å². The number of nitrogen functional groups attached to an aromatic ring is 1. The molecule has 0 aliphatic heterocycles. The summed E-state index contributed by atoms with van der Waals surface area (Å²) >= 11 is 0. The summed E-state index contributed by atoms with van der Waals surface area (Å²) in [6.07, 6.45) is -4.56. The van der Waals surface area contributed by atoms with Crippen LogP contribution in [0.4, 0.5) is 24.5 Å². The van der Waals surface area contributed by atoms with E-state index in [1.54, 1.807) is 31.2 Å². The molecule has 0 radical (unpaired) electrons. The van der Waals surface area contributed by atoms with Crippen LogP contribution in [0.1, 0.15) is 21.5 Å². The number of hydrogen-bond acceptors (Lipinski definition) is 2. The van der Waals surface area contributed by atoms with E-state index in [2.05, 4.69) is 5.32 Å². The van der Waals surface area contributed by atoms with Gasteiger partial charge in [0.1, 0.15) is 0 Å². The van der Waals surface area contributed by atoms with Gasteiger partial charge in [0.05, 0.1) is 5.56 Å². The molecule has 3 N–H and O–H groups in total. The van der Waals surface area contributed by atoms with Crippen molar-refractivity contribution in [3.8, 4) is 0 Å². The lowest BCUT2D eigenvalue weighted by Gasteiger charge is -2.13. The van der Waals surface area contributed by atoms with Gasteiger partial charge in [-0.15, -0.1) is 0 Å². The smallest absolute Gasteiger partial charge is 0.398 e. The Bertz CT molecular complexity index is 681. The molecule has 0 saturated heterocycles. The summed E-state index contributed by atoms with van der Waals surface area (Å²) in [6.45, 7) is 1.75.